The Morgan fingerprint density at radius 2 is 1.67 bits per heavy atom. The maximum absolute atomic E-state index is 13.3. The fraction of sp³-hybridized carbons (Fsp3) is 0. The number of carbonyl (C=O) groups is 1. The highest BCUT2D eigenvalue weighted by Gasteiger charge is 2.05. The molecule has 0 bridgehead atoms. The average molecular weight is 356 g/mol. The van der Waals surface area contributed by atoms with Gasteiger partial charge in [-0.25, -0.2) is 9.18 Å². The van der Waals surface area contributed by atoms with Crippen molar-refractivity contribution in [3.63, 3.8) is 0 Å². The maximum Gasteiger partial charge on any atom is 0.323 e. The van der Waals surface area contributed by atoms with Crippen molar-refractivity contribution in [2.75, 3.05) is 10.6 Å². The molecule has 2 rings (SSSR count). The largest absolute Gasteiger partial charge is 0.323 e. The predicted molar refractivity (Wildman–Crippen MR) is 78.2 cm³/mol. The Labute approximate surface area is 118 Å². The standard InChI is InChI=1S/C13H10FIN2O/c14-11-3-1-2-4-12(11)17-13(18)16-10-7-5-9(15)6-8-10/h1-8H,(H2,16,17,18). The van der Waals surface area contributed by atoms with E-state index in [0.717, 1.165) is 3.57 Å². The van der Waals surface area contributed by atoms with Crippen LogP contribution >= 0.6 is 22.6 Å². The fourth-order valence-electron chi connectivity index (χ4n) is 1.38. The van der Waals surface area contributed by atoms with Crippen molar-refractivity contribution in [2.45, 2.75) is 0 Å². The van der Waals surface area contributed by atoms with Gasteiger partial charge in [0.15, 0.2) is 0 Å². The van der Waals surface area contributed by atoms with Crippen LogP contribution in [0.4, 0.5) is 20.6 Å². The molecule has 3 nitrogen and oxygen atoms in total. The van der Waals surface area contributed by atoms with Crippen LogP contribution in [-0.4, -0.2) is 6.03 Å². The molecule has 0 aliphatic rings. The molecule has 2 N–H and O–H groups in total. The highest BCUT2D eigenvalue weighted by molar-refractivity contribution is 14.1. The molecular weight excluding hydrogens is 346 g/mol. The van der Waals surface area contributed by atoms with Crippen LogP contribution in [0.2, 0.25) is 0 Å². The van der Waals surface area contributed by atoms with Gasteiger partial charge in [-0.1, -0.05) is 12.1 Å². The number of para-hydroxylation sites is 1. The third kappa shape index (κ3) is 3.43. The number of nitrogens with one attached hydrogen (secondary N) is 2. The predicted octanol–water partition coefficient (Wildman–Crippen LogP) is 4.07. The monoisotopic (exact) mass is 356 g/mol. The first-order valence-electron chi connectivity index (χ1n) is 5.23. The summed E-state index contributed by atoms with van der Waals surface area (Å²) in [5.74, 6) is -0.463. The first kappa shape index (κ1) is 12.8. The third-order valence-corrected chi connectivity index (χ3v) is 2.94. The van der Waals surface area contributed by atoms with Gasteiger partial charge in [0.2, 0.25) is 0 Å². The van der Waals surface area contributed by atoms with Gasteiger partial charge >= 0.3 is 6.03 Å². The van der Waals surface area contributed by atoms with E-state index in [4.69, 9.17) is 0 Å². The van der Waals surface area contributed by atoms with E-state index < -0.39 is 11.8 Å². The quantitative estimate of drug-likeness (QED) is 0.783. The summed E-state index contributed by atoms with van der Waals surface area (Å²) in [6, 6.07) is 12.9. The SMILES string of the molecule is O=C(Nc1ccc(I)cc1)Nc1ccccc1F. The first-order valence-corrected chi connectivity index (χ1v) is 6.31. The Morgan fingerprint density at radius 3 is 2.33 bits per heavy atom. The van der Waals surface area contributed by atoms with E-state index in [2.05, 4.69) is 33.2 Å². The molecule has 0 aliphatic carbocycles. The van der Waals surface area contributed by atoms with Crippen molar-refractivity contribution < 1.29 is 9.18 Å². The van der Waals surface area contributed by atoms with Crippen LogP contribution < -0.4 is 10.6 Å². The number of rotatable bonds is 2. The molecule has 0 saturated carbocycles. The van der Waals surface area contributed by atoms with E-state index in [1.807, 2.05) is 12.1 Å². The second kappa shape index (κ2) is 5.81. The minimum absolute atomic E-state index is 0.153. The summed E-state index contributed by atoms with van der Waals surface area (Å²) in [5, 5.41) is 5.07. The zero-order valence-electron chi connectivity index (χ0n) is 9.28. The second-order valence-corrected chi connectivity index (χ2v) is 4.81. The Balaban J connectivity index is 2.01. The van der Waals surface area contributed by atoms with E-state index in [0.29, 0.717) is 5.69 Å². The lowest BCUT2D eigenvalue weighted by Gasteiger charge is -2.08. The zero-order chi connectivity index (χ0) is 13.0. The average Bonchev–Trinajstić information content (AvgIpc) is 2.35. The smallest absolute Gasteiger partial charge is 0.308 e. The van der Waals surface area contributed by atoms with Crippen LogP contribution in [-0.2, 0) is 0 Å². The van der Waals surface area contributed by atoms with Gasteiger partial charge in [-0.15, -0.1) is 0 Å². The van der Waals surface area contributed by atoms with Crippen molar-refractivity contribution in [1.82, 2.24) is 0 Å². The normalized spacial score (nSPS) is 9.89. The van der Waals surface area contributed by atoms with Crippen molar-refractivity contribution in [2.24, 2.45) is 0 Å². The fourth-order valence-corrected chi connectivity index (χ4v) is 1.74. The summed E-state index contributed by atoms with van der Waals surface area (Å²) in [6.07, 6.45) is 0. The van der Waals surface area contributed by atoms with Crippen molar-refractivity contribution in [3.05, 3.63) is 57.9 Å². The highest BCUT2D eigenvalue weighted by Crippen LogP contribution is 2.14. The molecule has 92 valence electrons. The Morgan fingerprint density at radius 1 is 1.00 bits per heavy atom. The molecule has 0 atom stereocenters. The van der Waals surface area contributed by atoms with Crippen LogP contribution in [0.1, 0.15) is 0 Å². The van der Waals surface area contributed by atoms with Crippen molar-refractivity contribution in [1.29, 1.82) is 0 Å². The maximum atomic E-state index is 13.3. The van der Waals surface area contributed by atoms with Crippen molar-refractivity contribution in [3.8, 4) is 0 Å². The van der Waals surface area contributed by atoms with Gasteiger partial charge in [0.05, 0.1) is 5.69 Å². The Kier molecular flexibility index (Phi) is 4.14. The summed E-state index contributed by atoms with van der Waals surface area (Å²) in [4.78, 5) is 11.6. The molecule has 0 radical (unpaired) electrons. The molecule has 2 amide bonds. The number of halogens is 2. The van der Waals surface area contributed by atoms with Crippen LogP contribution in [0.3, 0.4) is 0 Å². The zero-order valence-corrected chi connectivity index (χ0v) is 11.4. The van der Waals surface area contributed by atoms with E-state index in [-0.39, 0.29) is 5.69 Å². The first-order chi connectivity index (χ1) is 8.65. The number of anilines is 2. The third-order valence-electron chi connectivity index (χ3n) is 2.22. The molecule has 0 spiro atoms. The lowest BCUT2D eigenvalue weighted by Crippen LogP contribution is -2.20. The molecule has 0 saturated heterocycles. The number of urea groups is 1. The lowest BCUT2D eigenvalue weighted by atomic mass is 10.3. The molecular formula is C13H10FIN2O. The number of benzene rings is 2. The Bertz CT molecular complexity index is 557. The molecule has 5 heteroatoms. The van der Waals surface area contributed by atoms with E-state index in [9.17, 15) is 9.18 Å². The van der Waals surface area contributed by atoms with E-state index >= 15 is 0 Å². The van der Waals surface area contributed by atoms with Crippen LogP contribution in [0.5, 0.6) is 0 Å². The highest BCUT2D eigenvalue weighted by atomic mass is 127. The van der Waals surface area contributed by atoms with Crippen LogP contribution in [0.25, 0.3) is 0 Å². The molecule has 0 fully saturated rings. The molecule has 0 unspecified atom stereocenters. The summed E-state index contributed by atoms with van der Waals surface area (Å²) < 4.78 is 14.4. The van der Waals surface area contributed by atoms with Crippen LogP contribution in [0.15, 0.2) is 48.5 Å². The van der Waals surface area contributed by atoms with Gasteiger partial charge in [-0.3, -0.25) is 0 Å². The topological polar surface area (TPSA) is 41.1 Å². The molecule has 2 aromatic carbocycles. The minimum atomic E-state index is -0.471. The molecule has 18 heavy (non-hydrogen) atoms. The van der Waals surface area contributed by atoms with E-state index in [1.54, 1.807) is 24.3 Å². The molecule has 0 heterocycles. The minimum Gasteiger partial charge on any atom is -0.308 e. The van der Waals surface area contributed by atoms with E-state index in [1.165, 1.54) is 12.1 Å². The Hall–Kier alpha value is -1.63. The summed E-state index contributed by atoms with van der Waals surface area (Å²) in [6.45, 7) is 0. The van der Waals surface area contributed by atoms with Gasteiger partial charge in [0.1, 0.15) is 5.82 Å². The number of amides is 2. The van der Waals surface area contributed by atoms with Gasteiger partial charge in [-0.05, 0) is 59.0 Å². The summed E-state index contributed by atoms with van der Waals surface area (Å²) in [5.41, 5.74) is 0.810. The van der Waals surface area contributed by atoms with Gasteiger partial charge in [-0.2, -0.15) is 0 Å². The van der Waals surface area contributed by atoms with Crippen molar-refractivity contribution >= 4 is 40.0 Å². The number of carbonyl (C=O) groups excluding carboxylic acids is 1. The van der Waals surface area contributed by atoms with Gasteiger partial charge < -0.3 is 10.6 Å². The van der Waals surface area contributed by atoms with Crippen LogP contribution in [0, 0.1) is 9.39 Å². The number of hydrogen-bond acceptors (Lipinski definition) is 1. The molecule has 0 aromatic heterocycles. The van der Waals surface area contributed by atoms with Gasteiger partial charge in [0.25, 0.3) is 0 Å². The van der Waals surface area contributed by atoms with Gasteiger partial charge in [0, 0.05) is 9.26 Å². The molecule has 2 aromatic rings. The lowest BCUT2D eigenvalue weighted by molar-refractivity contribution is 0.262. The summed E-state index contributed by atoms with van der Waals surface area (Å²) in [7, 11) is 0. The summed E-state index contributed by atoms with van der Waals surface area (Å²) >= 11 is 2.18. The number of hydrogen-bond donors (Lipinski definition) is 2. The second-order valence-electron chi connectivity index (χ2n) is 3.57. The molecule has 0 aliphatic heterocycles.